The topological polar surface area (TPSA) is 64.1 Å². The molecule has 0 aliphatic heterocycles. The molecule has 2 N–H and O–H groups in total. The summed E-state index contributed by atoms with van der Waals surface area (Å²) in [5.74, 6) is 3.15. The predicted molar refractivity (Wildman–Crippen MR) is 120 cm³/mol. The van der Waals surface area contributed by atoms with Crippen LogP contribution in [0.15, 0.2) is 53.5 Å². The number of benzene rings is 2. The smallest absolute Gasteiger partial charge is 0.191 e. The minimum Gasteiger partial charge on any atom is -0.497 e. The molecule has 0 radical (unpaired) electrons. The number of methoxy groups -OCH3 is 2. The fourth-order valence-corrected chi connectivity index (χ4v) is 2.31. The van der Waals surface area contributed by atoms with Crippen LogP contribution in [-0.4, -0.2) is 39.9 Å². The highest BCUT2D eigenvalue weighted by molar-refractivity contribution is 14.0. The fourth-order valence-electron chi connectivity index (χ4n) is 2.31. The van der Waals surface area contributed by atoms with Crippen molar-refractivity contribution in [2.75, 3.05) is 33.9 Å². The Balaban J connectivity index is 0.00000364. The Labute approximate surface area is 178 Å². The molecule has 2 aromatic rings. The van der Waals surface area contributed by atoms with Gasteiger partial charge in [-0.05, 0) is 36.8 Å². The molecule has 0 atom stereocenters. The standard InChI is InChI=1S/C20H27N3O3.HI/c1-4-21-20(23-15-16-7-5-8-17(13-16)24-2)22-11-12-26-19-10-6-9-18(14-19)25-3;/h5-10,13-14H,4,11-12,15H2,1-3H3,(H2,21,22,23);1H. The van der Waals surface area contributed by atoms with Gasteiger partial charge >= 0.3 is 0 Å². The number of rotatable bonds is 9. The molecule has 27 heavy (non-hydrogen) atoms. The Kier molecular flexibility index (Phi) is 11.1. The van der Waals surface area contributed by atoms with Gasteiger partial charge in [-0.1, -0.05) is 18.2 Å². The van der Waals surface area contributed by atoms with Gasteiger partial charge in [0.1, 0.15) is 23.9 Å². The molecular formula is C20H28IN3O3. The monoisotopic (exact) mass is 485 g/mol. The van der Waals surface area contributed by atoms with Crippen LogP contribution in [0.2, 0.25) is 0 Å². The molecule has 2 rings (SSSR count). The first kappa shape index (κ1) is 22.9. The summed E-state index contributed by atoms with van der Waals surface area (Å²) < 4.78 is 16.2. The summed E-state index contributed by atoms with van der Waals surface area (Å²) in [7, 11) is 3.30. The van der Waals surface area contributed by atoms with Gasteiger partial charge in [0.2, 0.25) is 0 Å². The van der Waals surface area contributed by atoms with Crippen molar-refractivity contribution >= 4 is 29.9 Å². The molecule has 6 nitrogen and oxygen atoms in total. The molecule has 0 aromatic heterocycles. The molecule has 148 valence electrons. The second kappa shape index (κ2) is 13.1. The number of guanidine groups is 1. The number of hydrogen-bond donors (Lipinski definition) is 2. The molecule has 0 saturated heterocycles. The summed E-state index contributed by atoms with van der Waals surface area (Å²) in [4.78, 5) is 4.59. The van der Waals surface area contributed by atoms with Crippen molar-refractivity contribution in [1.29, 1.82) is 0 Å². The lowest BCUT2D eigenvalue weighted by Crippen LogP contribution is -2.39. The van der Waals surface area contributed by atoms with Gasteiger partial charge in [0, 0.05) is 12.6 Å². The summed E-state index contributed by atoms with van der Waals surface area (Å²) in [6, 6.07) is 15.5. The number of nitrogens with one attached hydrogen (secondary N) is 2. The first-order valence-corrected chi connectivity index (χ1v) is 8.67. The van der Waals surface area contributed by atoms with E-state index in [-0.39, 0.29) is 24.0 Å². The normalized spacial score (nSPS) is 10.6. The van der Waals surface area contributed by atoms with Crippen molar-refractivity contribution in [3.8, 4) is 17.2 Å². The zero-order valence-corrected chi connectivity index (χ0v) is 18.4. The summed E-state index contributed by atoms with van der Waals surface area (Å²) >= 11 is 0. The molecule has 0 spiro atoms. The lowest BCUT2D eigenvalue weighted by Gasteiger charge is -2.12. The number of aliphatic imine (C=N–C) groups is 1. The molecule has 0 saturated carbocycles. The van der Waals surface area contributed by atoms with Crippen LogP contribution in [0, 0.1) is 0 Å². The van der Waals surface area contributed by atoms with Gasteiger partial charge in [-0.15, -0.1) is 24.0 Å². The van der Waals surface area contributed by atoms with Crippen LogP contribution in [0.1, 0.15) is 12.5 Å². The molecule has 0 amide bonds. The van der Waals surface area contributed by atoms with Crippen LogP contribution in [0.4, 0.5) is 0 Å². The fraction of sp³-hybridized carbons (Fsp3) is 0.350. The highest BCUT2D eigenvalue weighted by Gasteiger charge is 2.00. The lowest BCUT2D eigenvalue weighted by atomic mass is 10.2. The molecule has 0 aliphatic carbocycles. The zero-order valence-electron chi connectivity index (χ0n) is 16.0. The van der Waals surface area contributed by atoms with Gasteiger partial charge in [0.05, 0.1) is 27.3 Å². The third kappa shape index (κ3) is 8.38. The summed E-state index contributed by atoms with van der Waals surface area (Å²) in [5.41, 5.74) is 1.09. The molecule has 0 aliphatic rings. The van der Waals surface area contributed by atoms with E-state index >= 15 is 0 Å². The Morgan fingerprint density at radius 1 is 0.926 bits per heavy atom. The van der Waals surface area contributed by atoms with Gasteiger partial charge in [0.25, 0.3) is 0 Å². The second-order valence-corrected chi connectivity index (χ2v) is 5.50. The molecular weight excluding hydrogens is 457 g/mol. The lowest BCUT2D eigenvalue weighted by molar-refractivity contribution is 0.319. The van der Waals surface area contributed by atoms with Gasteiger partial charge in [-0.25, -0.2) is 4.99 Å². The average Bonchev–Trinajstić information content (AvgIpc) is 2.69. The van der Waals surface area contributed by atoms with Crippen molar-refractivity contribution in [3.63, 3.8) is 0 Å². The number of ether oxygens (including phenoxy) is 3. The van der Waals surface area contributed by atoms with E-state index in [4.69, 9.17) is 14.2 Å². The van der Waals surface area contributed by atoms with E-state index in [1.54, 1.807) is 14.2 Å². The maximum absolute atomic E-state index is 5.73. The number of nitrogens with zero attached hydrogens (tertiary/aromatic N) is 1. The van der Waals surface area contributed by atoms with E-state index < -0.39 is 0 Å². The molecule has 7 heteroatoms. The molecule has 0 bridgehead atoms. The Bertz CT molecular complexity index is 710. The summed E-state index contributed by atoms with van der Waals surface area (Å²) in [5, 5.41) is 6.50. The number of halogens is 1. The van der Waals surface area contributed by atoms with Crippen molar-refractivity contribution < 1.29 is 14.2 Å². The van der Waals surface area contributed by atoms with Crippen LogP contribution in [-0.2, 0) is 6.54 Å². The van der Waals surface area contributed by atoms with Crippen LogP contribution in [0.25, 0.3) is 0 Å². The highest BCUT2D eigenvalue weighted by atomic mass is 127. The van der Waals surface area contributed by atoms with E-state index in [9.17, 15) is 0 Å². The molecule has 0 unspecified atom stereocenters. The average molecular weight is 485 g/mol. The van der Waals surface area contributed by atoms with Crippen LogP contribution in [0.5, 0.6) is 17.2 Å². The third-order valence-corrected chi connectivity index (χ3v) is 3.60. The summed E-state index contributed by atoms with van der Waals surface area (Å²) in [6.07, 6.45) is 0. The minimum atomic E-state index is 0. The Morgan fingerprint density at radius 3 is 2.30 bits per heavy atom. The van der Waals surface area contributed by atoms with Crippen LogP contribution in [0.3, 0.4) is 0 Å². The third-order valence-electron chi connectivity index (χ3n) is 3.60. The van der Waals surface area contributed by atoms with E-state index in [0.717, 1.165) is 35.3 Å². The van der Waals surface area contributed by atoms with Crippen molar-refractivity contribution in [1.82, 2.24) is 10.6 Å². The van der Waals surface area contributed by atoms with E-state index in [1.807, 2.05) is 55.5 Å². The van der Waals surface area contributed by atoms with Gasteiger partial charge in [0.15, 0.2) is 5.96 Å². The Hall–Kier alpha value is -2.16. The maximum Gasteiger partial charge on any atom is 0.191 e. The van der Waals surface area contributed by atoms with Gasteiger partial charge < -0.3 is 24.8 Å². The van der Waals surface area contributed by atoms with Crippen LogP contribution >= 0.6 is 24.0 Å². The van der Waals surface area contributed by atoms with Crippen molar-refractivity contribution in [2.24, 2.45) is 4.99 Å². The number of hydrogen-bond acceptors (Lipinski definition) is 4. The zero-order chi connectivity index (χ0) is 18.6. The van der Waals surface area contributed by atoms with Crippen molar-refractivity contribution in [2.45, 2.75) is 13.5 Å². The van der Waals surface area contributed by atoms with E-state index in [1.165, 1.54) is 0 Å². The maximum atomic E-state index is 5.73. The highest BCUT2D eigenvalue weighted by Crippen LogP contribution is 2.18. The first-order valence-electron chi connectivity index (χ1n) is 8.67. The predicted octanol–water partition coefficient (Wildman–Crippen LogP) is 3.46. The van der Waals surface area contributed by atoms with E-state index in [0.29, 0.717) is 19.7 Å². The molecule has 0 heterocycles. The first-order chi connectivity index (χ1) is 12.7. The SMILES string of the molecule is CCNC(=NCc1cccc(OC)c1)NCCOc1cccc(OC)c1.I. The molecule has 0 fully saturated rings. The largest absolute Gasteiger partial charge is 0.497 e. The van der Waals surface area contributed by atoms with Crippen LogP contribution < -0.4 is 24.8 Å². The quantitative estimate of drug-likeness (QED) is 0.247. The second-order valence-electron chi connectivity index (χ2n) is 5.50. The molecule has 2 aromatic carbocycles. The van der Waals surface area contributed by atoms with Gasteiger partial charge in [-0.3, -0.25) is 0 Å². The van der Waals surface area contributed by atoms with Gasteiger partial charge in [-0.2, -0.15) is 0 Å². The minimum absolute atomic E-state index is 0. The van der Waals surface area contributed by atoms with E-state index in [2.05, 4.69) is 15.6 Å². The summed E-state index contributed by atoms with van der Waals surface area (Å²) in [6.45, 7) is 4.57. The Morgan fingerprint density at radius 2 is 1.59 bits per heavy atom. The van der Waals surface area contributed by atoms with Crippen molar-refractivity contribution in [3.05, 3.63) is 54.1 Å².